The van der Waals surface area contributed by atoms with Gasteiger partial charge in [0.15, 0.2) is 0 Å². The van der Waals surface area contributed by atoms with Crippen LogP contribution in [0, 0.1) is 0 Å². The monoisotopic (exact) mass is 842 g/mol. The second kappa shape index (κ2) is 19.5. The molecule has 320 valence electrons. The Morgan fingerprint density at radius 1 is 0.460 bits per heavy atom. The lowest BCUT2D eigenvalue weighted by Gasteiger charge is -2.21. The smallest absolute Gasteiger partial charge is 0.335 e. The molecule has 0 N–H and O–H groups in total. The Hall–Kier alpha value is -7.39. The van der Waals surface area contributed by atoms with Gasteiger partial charge in [0, 0.05) is 16.7 Å². The summed E-state index contributed by atoms with van der Waals surface area (Å²) in [7, 11) is 0. The van der Waals surface area contributed by atoms with E-state index in [0.717, 1.165) is 74.2 Å². The second-order valence-corrected chi connectivity index (χ2v) is 15.5. The molecule has 0 spiro atoms. The van der Waals surface area contributed by atoms with Crippen molar-refractivity contribution in [2.24, 2.45) is 0 Å². The predicted molar refractivity (Wildman–Crippen MR) is 249 cm³/mol. The van der Waals surface area contributed by atoms with Gasteiger partial charge in [0.2, 0.25) is 13.6 Å². The number of carbonyl (C=O) groups is 3. The summed E-state index contributed by atoms with van der Waals surface area (Å²) in [5.74, 6) is 0.333. The Kier molecular flexibility index (Phi) is 13.6. The molecule has 0 unspecified atom stereocenters. The summed E-state index contributed by atoms with van der Waals surface area (Å²) in [6.07, 6.45) is 3.03. The minimum Gasteiger partial charge on any atom is -0.490 e. The van der Waals surface area contributed by atoms with Crippen molar-refractivity contribution in [2.75, 3.05) is 26.8 Å². The molecule has 0 radical (unpaired) electrons. The van der Waals surface area contributed by atoms with E-state index in [9.17, 15) is 14.4 Å². The van der Waals surface area contributed by atoms with Crippen LogP contribution in [-0.2, 0) is 35.0 Å². The molecule has 0 aliphatic heterocycles. The van der Waals surface area contributed by atoms with Crippen LogP contribution in [0.3, 0.4) is 0 Å². The molecule has 7 aromatic rings. The molecule has 0 saturated heterocycles. The van der Waals surface area contributed by atoms with E-state index in [-0.39, 0.29) is 26.8 Å². The lowest BCUT2D eigenvalue weighted by Crippen LogP contribution is -2.12. The van der Waals surface area contributed by atoms with Crippen molar-refractivity contribution in [1.82, 2.24) is 0 Å². The van der Waals surface area contributed by atoms with Crippen molar-refractivity contribution in [2.45, 2.75) is 47.0 Å². The number of ether oxygens (including phenoxy) is 6. The van der Waals surface area contributed by atoms with Gasteiger partial charge in [-0.1, -0.05) is 93.7 Å². The SMILES string of the molecule is C=C(C)C(=O)OCCOc1ccc(-c2cc(CCCC)c3ccc4c(-c5ccc(OCOC(=O)C(=C)C)cc5)cc(-c5ccc(OCOC(=O)C(=C)C)cc5)c5ccc2c3c45)cc1. The maximum absolute atomic E-state index is 11.9. The van der Waals surface area contributed by atoms with Crippen LogP contribution in [0.4, 0.5) is 0 Å². The van der Waals surface area contributed by atoms with Crippen LogP contribution in [0.5, 0.6) is 17.2 Å². The van der Waals surface area contributed by atoms with Crippen LogP contribution in [-0.4, -0.2) is 44.7 Å². The molecule has 0 aromatic heterocycles. The van der Waals surface area contributed by atoms with Gasteiger partial charge in [-0.3, -0.25) is 0 Å². The highest BCUT2D eigenvalue weighted by Gasteiger charge is 2.21. The number of benzene rings is 7. The molecule has 0 aliphatic rings. The van der Waals surface area contributed by atoms with Gasteiger partial charge in [-0.15, -0.1) is 0 Å². The van der Waals surface area contributed by atoms with Gasteiger partial charge in [0.1, 0.15) is 30.5 Å². The predicted octanol–water partition coefficient (Wildman–Crippen LogP) is 12.3. The Balaban J connectivity index is 1.33. The van der Waals surface area contributed by atoms with Crippen molar-refractivity contribution in [3.63, 3.8) is 0 Å². The highest BCUT2D eigenvalue weighted by atomic mass is 16.7. The minimum atomic E-state index is -0.513. The zero-order valence-corrected chi connectivity index (χ0v) is 36.1. The van der Waals surface area contributed by atoms with E-state index in [1.165, 1.54) is 16.3 Å². The number of hydrogen-bond acceptors (Lipinski definition) is 9. The normalized spacial score (nSPS) is 11.0. The second-order valence-electron chi connectivity index (χ2n) is 15.5. The summed E-state index contributed by atoms with van der Waals surface area (Å²) >= 11 is 0. The zero-order valence-electron chi connectivity index (χ0n) is 36.1. The van der Waals surface area contributed by atoms with E-state index in [4.69, 9.17) is 28.4 Å². The summed E-state index contributed by atoms with van der Waals surface area (Å²) < 4.78 is 32.9. The number of hydrogen-bond donors (Lipinski definition) is 0. The van der Waals surface area contributed by atoms with E-state index in [0.29, 0.717) is 34.0 Å². The maximum Gasteiger partial charge on any atom is 0.335 e. The average molecular weight is 843 g/mol. The van der Waals surface area contributed by atoms with Crippen LogP contribution in [0.25, 0.3) is 65.7 Å². The molecule has 0 heterocycles. The number of esters is 3. The quantitative estimate of drug-likeness (QED) is 0.0196. The van der Waals surface area contributed by atoms with E-state index in [1.807, 2.05) is 60.7 Å². The van der Waals surface area contributed by atoms with Gasteiger partial charge >= 0.3 is 17.9 Å². The summed E-state index contributed by atoms with van der Waals surface area (Å²) in [6.45, 7) is 17.8. The zero-order chi connectivity index (χ0) is 44.6. The fourth-order valence-electron chi connectivity index (χ4n) is 7.51. The first-order chi connectivity index (χ1) is 30.4. The molecule has 0 atom stereocenters. The number of unbranched alkanes of at least 4 members (excludes halogenated alkanes) is 1. The molecule has 9 heteroatoms. The first-order valence-electron chi connectivity index (χ1n) is 20.9. The van der Waals surface area contributed by atoms with Crippen LogP contribution >= 0.6 is 0 Å². The molecule has 0 aliphatic carbocycles. The van der Waals surface area contributed by atoms with Crippen molar-refractivity contribution >= 4 is 50.2 Å². The van der Waals surface area contributed by atoms with Gasteiger partial charge in [0.25, 0.3) is 0 Å². The molecular formula is C54H50O9. The number of rotatable bonds is 19. The summed E-state index contributed by atoms with van der Waals surface area (Å²) in [5, 5.41) is 6.90. The highest BCUT2D eigenvalue weighted by Crippen LogP contribution is 2.47. The summed E-state index contributed by atoms with van der Waals surface area (Å²) in [6, 6.07) is 37.1. The van der Waals surface area contributed by atoms with E-state index < -0.39 is 17.9 Å². The third-order valence-electron chi connectivity index (χ3n) is 10.7. The fraction of sp³-hybridized carbons (Fsp3) is 0.204. The lowest BCUT2D eigenvalue weighted by molar-refractivity contribution is -0.146. The molecule has 0 amide bonds. The maximum atomic E-state index is 11.9. The van der Waals surface area contributed by atoms with Crippen molar-refractivity contribution in [3.05, 3.63) is 151 Å². The fourth-order valence-corrected chi connectivity index (χ4v) is 7.51. The van der Waals surface area contributed by atoms with Gasteiger partial charge in [-0.05, 0) is 153 Å². The Morgan fingerprint density at radius 3 is 1.27 bits per heavy atom. The summed E-state index contributed by atoms with van der Waals surface area (Å²) in [5.41, 5.74) is 8.45. The Bertz CT molecular complexity index is 2740. The molecule has 0 saturated carbocycles. The lowest BCUT2D eigenvalue weighted by atomic mass is 9.82. The molecule has 0 fully saturated rings. The van der Waals surface area contributed by atoms with E-state index in [1.54, 1.807) is 20.8 Å². The molecular weight excluding hydrogens is 793 g/mol. The van der Waals surface area contributed by atoms with E-state index in [2.05, 4.69) is 75.2 Å². The van der Waals surface area contributed by atoms with Crippen molar-refractivity contribution in [1.29, 1.82) is 0 Å². The molecule has 7 rings (SSSR count). The topological polar surface area (TPSA) is 107 Å². The standard InChI is InChI=1S/C54H50O9/c1-8-9-10-39-29-47(36-11-17-40(18-12-36)58-27-28-59-52(55)33(2)3)44-25-26-46-49(38-15-21-42(22-16-38)61-32-63-54(57)35(6)7)30-48(45-24-23-43(39)50(44)51(45)46)37-13-19-41(20-14-37)60-31-62-53(56)34(4)5/h11-26,29-30H,2,4,6,8-10,27-28,31-32H2,1,3,5,7H3. The minimum absolute atomic E-state index is 0.128. The van der Waals surface area contributed by atoms with Crippen LogP contribution in [0.1, 0.15) is 46.1 Å². The van der Waals surface area contributed by atoms with Gasteiger partial charge < -0.3 is 28.4 Å². The number of aryl methyl sites for hydroxylation is 1. The average Bonchev–Trinajstić information content (AvgIpc) is 3.29. The third kappa shape index (κ3) is 9.89. The third-order valence-corrected chi connectivity index (χ3v) is 10.7. The van der Waals surface area contributed by atoms with Gasteiger partial charge in [-0.25, -0.2) is 14.4 Å². The highest BCUT2D eigenvalue weighted by molar-refractivity contribution is 6.30. The van der Waals surface area contributed by atoms with Gasteiger partial charge in [0.05, 0.1) is 0 Å². The van der Waals surface area contributed by atoms with Crippen LogP contribution in [0.2, 0.25) is 0 Å². The van der Waals surface area contributed by atoms with E-state index >= 15 is 0 Å². The molecule has 63 heavy (non-hydrogen) atoms. The molecule has 7 aromatic carbocycles. The number of carbonyl (C=O) groups excluding carboxylic acids is 3. The Morgan fingerprint density at radius 2 is 0.841 bits per heavy atom. The summed E-state index contributed by atoms with van der Waals surface area (Å²) in [4.78, 5) is 35.6. The van der Waals surface area contributed by atoms with Gasteiger partial charge in [-0.2, -0.15) is 0 Å². The van der Waals surface area contributed by atoms with Crippen LogP contribution < -0.4 is 14.2 Å². The largest absolute Gasteiger partial charge is 0.490 e. The molecule has 9 nitrogen and oxygen atoms in total. The Labute approximate surface area is 367 Å². The van der Waals surface area contributed by atoms with Crippen molar-refractivity contribution in [3.8, 4) is 50.6 Å². The molecule has 0 bridgehead atoms. The van der Waals surface area contributed by atoms with Crippen LogP contribution in [0.15, 0.2) is 146 Å². The van der Waals surface area contributed by atoms with Crippen molar-refractivity contribution < 1.29 is 42.8 Å². The first kappa shape index (κ1) is 43.7. The first-order valence-corrected chi connectivity index (χ1v) is 20.9.